The number of hydrogen-bond acceptors (Lipinski definition) is 6. The van der Waals surface area contributed by atoms with Crippen LogP contribution in [0.2, 0.25) is 0 Å². The van der Waals surface area contributed by atoms with Crippen LogP contribution in [0, 0.1) is 13.8 Å². The second-order valence-electron chi connectivity index (χ2n) is 7.47. The largest absolute Gasteiger partial charge is 0.336 e. The number of hydrogen-bond donors (Lipinski definition) is 2. The van der Waals surface area contributed by atoms with Gasteiger partial charge in [0, 0.05) is 28.7 Å². The number of pyridine rings is 1. The molecular formula is C22H21N5O3. The van der Waals surface area contributed by atoms with E-state index >= 15 is 0 Å². The Bertz CT molecular complexity index is 1320. The molecular weight excluding hydrogens is 382 g/mol. The molecule has 2 N–H and O–H groups in total. The van der Waals surface area contributed by atoms with Gasteiger partial charge < -0.3 is 14.8 Å². The Morgan fingerprint density at radius 1 is 1.13 bits per heavy atom. The van der Waals surface area contributed by atoms with E-state index in [0.717, 1.165) is 5.69 Å². The first-order valence-corrected chi connectivity index (χ1v) is 9.58. The zero-order chi connectivity index (χ0) is 21.4. The highest BCUT2D eigenvalue weighted by Gasteiger charge is 2.20. The zero-order valence-corrected chi connectivity index (χ0v) is 17.1. The van der Waals surface area contributed by atoms with Crippen molar-refractivity contribution >= 4 is 22.7 Å². The van der Waals surface area contributed by atoms with Crippen LogP contribution in [0.5, 0.6) is 0 Å². The number of carbonyl (C=O) groups excluding carboxylic acids is 1. The van der Waals surface area contributed by atoms with Crippen molar-refractivity contribution in [1.82, 2.24) is 20.1 Å². The lowest BCUT2D eigenvalue weighted by molar-refractivity contribution is 0.102. The topological polar surface area (TPSA) is 114 Å². The average molecular weight is 403 g/mol. The van der Waals surface area contributed by atoms with E-state index in [1.807, 2.05) is 19.9 Å². The molecule has 0 bridgehead atoms. The summed E-state index contributed by atoms with van der Waals surface area (Å²) in [5.41, 5.74) is 3.81. The Kier molecular flexibility index (Phi) is 4.91. The number of aromatic amines is 1. The van der Waals surface area contributed by atoms with Crippen molar-refractivity contribution < 1.29 is 9.32 Å². The van der Waals surface area contributed by atoms with Gasteiger partial charge in [-0.2, -0.15) is 0 Å². The SMILES string of the molecule is Cc1cc(=O)[nH]c(-c2cccc(NC(=O)c3cc(C(C)C)nc4onc(C)c34)c2)n1. The highest BCUT2D eigenvalue weighted by Crippen LogP contribution is 2.26. The molecule has 0 atom stereocenters. The van der Waals surface area contributed by atoms with E-state index in [1.165, 1.54) is 6.07 Å². The van der Waals surface area contributed by atoms with Gasteiger partial charge >= 0.3 is 0 Å². The molecule has 0 aliphatic carbocycles. The fraction of sp³-hybridized carbons (Fsp3) is 0.227. The minimum Gasteiger partial charge on any atom is -0.336 e. The number of nitrogens with zero attached hydrogens (tertiary/aromatic N) is 3. The fourth-order valence-corrected chi connectivity index (χ4v) is 3.25. The molecule has 0 radical (unpaired) electrons. The maximum absolute atomic E-state index is 13.1. The summed E-state index contributed by atoms with van der Waals surface area (Å²) in [6, 6.07) is 10.3. The summed E-state index contributed by atoms with van der Waals surface area (Å²) in [7, 11) is 0. The van der Waals surface area contributed by atoms with Gasteiger partial charge in [0.1, 0.15) is 5.82 Å². The summed E-state index contributed by atoms with van der Waals surface area (Å²) in [6.07, 6.45) is 0. The van der Waals surface area contributed by atoms with Gasteiger partial charge in [-0.05, 0) is 38.0 Å². The van der Waals surface area contributed by atoms with Crippen LogP contribution in [-0.2, 0) is 0 Å². The van der Waals surface area contributed by atoms with E-state index in [0.29, 0.717) is 45.1 Å². The summed E-state index contributed by atoms with van der Waals surface area (Å²) in [6.45, 7) is 7.53. The fourth-order valence-electron chi connectivity index (χ4n) is 3.25. The molecule has 0 saturated carbocycles. The smallest absolute Gasteiger partial charge is 0.259 e. The quantitative estimate of drug-likeness (QED) is 0.533. The predicted molar refractivity (Wildman–Crippen MR) is 114 cm³/mol. The van der Waals surface area contributed by atoms with Crippen molar-refractivity contribution in [2.24, 2.45) is 0 Å². The number of carbonyl (C=O) groups is 1. The predicted octanol–water partition coefficient (Wildman–Crippen LogP) is 3.97. The summed E-state index contributed by atoms with van der Waals surface area (Å²) >= 11 is 0. The Morgan fingerprint density at radius 2 is 1.93 bits per heavy atom. The molecule has 0 saturated heterocycles. The lowest BCUT2D eigenvalue weighted by Gasteiger charge is -2.10. The third-order valence-electron chi connectivity index (χ3n) is 4.74. The number of H-pyrrole nitrogens is 1. The first-order valence-electron chi connectivity index (χ1n) is 9.58. The van der Waals surface area contributed by atoms with Crippen LogP contribution in [0.4, 0.5) is 5.69 Å². The lowest BCUT2D eigenvalue weighted by Crippen LogP contribution is -2.14. The molecule has 0 aliphatic rings. The Labute approximate surface area is 172 Å². The summed E-state index contributed by atoms with van der Waals surface area (Å²) in [4.78, 5) is 36.4. The molecule has 0 fully saturated rings. The minimum absolute atomic E-state index is 0.124. The van der Waals surface area contributed by atoms with E-state index in [-0.39, 0.29) is 17.4 Å². The number of benzene rings is 1. The van der Waals surface area contributed by atoms with Crippen LogP contribution in [0.1, 0.15) is 47.2 Å². The molecule has 152 valence electrons. The molecule has 4 aromatic rings. The minimum atomic E-state index is -0.293. The number of fused-ring (bicyclic) bond motifs is 1. The maximum atomic E-state index is 13.1. The van der Waals surface area contributed by atoms with E-state index < -0.39 is 0 Å². The average Bonchev–Trinajstić information content (AvgIpc) is 3.07. The third-order valence-corrected chi connectivity index (χ3v) is 4.74. The van der Waals surface area contributed by atoms with Crippen LogP contribution in [0.25, 0.3) is 22.5 Å². The van der Waals surface area contributed by atoms with Gasteiger partial charge in [-0.25, -0.2) is 9.97 Å². The molecule has 0 aliphatic heterocycles. The van der Waals surface area contributed by atoms with Crippen LogP contribution in [-0.4, -0.2) is 26.0 Å². The van der Waals surface area contributed by atoms with Crippen molar-refractivity contribution in [3.05, 3.63) is 69.4 Å². The van der Waals surface area contributed by atoms with Crippen LogP contribution >= 0.6 is 0 Å². The van der Waals surface area contributed by atoms with Crippen molar-refractivity contribution in [3.8, 4) is 11.4 Å². The van der Waals surface area contributed by atoms with Crippen LogP contribution < -0.4 is 10.9 Å². The molecule has 8 nitrogen and oxygen atoms in total. The Hall–Kier alpha value is -3.81. The van der Waals surface area contributed by atoms with Gasteiger partial charge in [-0.15, -0.1) is 0 Å². The number of aryl methyl sites for hydroxylation is 2. The lowest BCUT2D eigenvalue weighted by atomic mass is 10.0. The van der Waals surface area contributed by atoms with Gasteiger partial charge in [0.15, 0.2) is 0 Å². The molecule has 8 heteroatoms. The first-order chi connectivity index (χ1) is 14.3. The molecule has 1 aromatic carbocycles. The van der Waals surface area contributed by atoms with Crippen LogP contribution in [0.15, 0.2) is 45.7 Å². The molecule has 3 heterocycles. The van der Waals surface area contributed by atoms with E-state index in [9.17, 15) is 9.59 Å². The van der Waals surface area contributed by atoms with E-state index in [1.54, 1.807) is 38.1 Å². The number of nitrogens with one attached hydrogen (secondary N) is 2. The summed E-state index contributed by atoms with van der Waals surface area (Å²) in [5, 5.41) is 7.47. The molecule has 0 spiro atoms. The Morgan fingerprint density at radius 3 is 2.67 bits per heavy atom. The highest BCUT2D eigenvalue weighted by molar-refractivity contribution is 6.12. The van der Waals surface area contributed by atoms with Gasteiger partial charge in [0.25, 0.3) is 17.2 Å². The number of anilines is 1. The van der Waals surface area contributed by atoms with E-state index in [4.69, 9.17) is 4.52 Å². The van der Waals surface area contributed by atoms with Crippen LogP contribution in [0.3, 0.4) is 0 Å². The molecule has 4 rings (SSSR count). The van der Waals surface area contributed by atoms with Crippen molar-refractivity contribution in [1.29, 1.82) is 0 Å². The van der Waals surface area contributed by atoms with Gasteiger partial charge in [-0.1, -0.05) is 31.1 Å². The number of aromatic nitrogens is 4. The highest BCUT2D eigenvalue weighted by atomic mass is 16.5. The second kappa shape index (κ2) is 7.55. The van der Waals surface area contributed by atoms with Crippen molar-refractivity contribution in [2.75, 3.05) is 5.32 Å². The second-order valence-corrected chi connectivity index (χ2v) is 7.47. The van der Waals surface area contributed by atoms with Gasteiger partial charge in [0.2, 0.25) is 0 Å². The van der Waals surface area contributed by atoms with Gasteiger partial charge in [-0.3, -0.25) is 9.59 Å². The molecule has 0 unspecified atom stereocenters. The first kappa shape index (κ1) is 19.5. The monoisotopic (exact) mass is 403 g/mol. The standard InChI is InChI=1S/C22H21N5O3/c1-11(2)17-10-16(19-13(4)27-30-22(19)25-17)21(29)24-15-7-5-6-14(9-15)20-23-12(3)8-18(28)26-20/h5-11H,1-4H3,(H,24,29)(H,23,26,28). The van der Waals surface area contributed by atoms with Crippen molar-refractivity contribution in [2.45, 2.75) is 33.6 Å². The van der Waals surface area contributed by atoms with Gasteiger partial charge in [0.05, 0.1) is 16.6 Å². The third kappa shape index (κ3) is 3.71. The number of amides is 1. The molecule has 30 heavy (non-hydrogen) atoms. The van der Waals surface area contributed by atoms with Crippen molar-refractivity contribution in [3.63, 3.8) is 0 Å². The maximum Gasteiger partial charge on any atom is 0.259 e. The normalized spacial score (nSPS) is 11.2. The number of rotatable bonds is 4. The zero-order valence-electron chi connectivity index (χ0n) is 17.1. The van der Waals surface area contributed by atoms with E-state index in [2.05, 4.69) is 25.4 Å². The Balaban J connectivity index is 1.71. The molecule has 3 aromatic heterocycles. The molecule has 1 amide bonds. The summed E-state index contributed by atoms with van der Waals surface area (Å²) < 4.78 is 5.30. The summed E-state index contributed by atoms with van der Waals surface area (Å²) in [5.74, 6) is 0.275.